The first-order valence-electron chi connectivity index (χ1n) is 9.71. The van der Waals surface area contributed by atoms with Crippen LogP contribution in [-0.4, -0.2) is 55.0 Å². The van der Waals surface area contributed by atoms with E-state index in [1.165, 1.54) is 4.90 Å². The van der Waals surface area contributed by atoms with Gasteiger partial charge in [0.05, 0.1) is 35.7 Å². The fourth-order valence-electron chi connectivity index (χ4n) is 4.30. The summed E-state index contributed by atoms with van der Waals surface area (Å²) in [5, 5.41) is 17.3. The van der Waals surface area contributed by atoms with E-state index in [1.54, 1.807) is 0 Å². The number of anilines is 1. The summed E-state index contributed by atoms with van der Waals surface area (Å²) in [5.74, 6) is -1.75. The van der Waals surface area contributed by atoms with Gasteiger partial charge < -0.3 is 20.3 Å². The SMILES string of the molecule is CCNC1CCc2c1ncc([N+](=O)[O-])c2N1CC(NC(=O)OC)C[C@@H](C(F)(F)F)C1. The van der Waals surface area contributed by atoms with Crippen LogP contribution >= 0.6 is 0 Å². The number of nitro groups is 1. The lowest BCUT2D eigenvalue weighted by molar-refractivity contribution is -0.384. The smallest absolute Gasteiger partial charge is 0.407 e. The second-order valence-corrected chi connectivity index (χ2v) is 7.47. The second kappa shape index (κ2) is 8.62. The lowest BCUT2D eigenvalue weighted by atomic mass is 9.92. The topological polar surface area (TPSA) is 110 Å². The molecule has 2 heterocycles. The number of methoxy groups -OCH3 is 1. The number of alkyl carbamates (subject to hydrolysis) is 1. The molecule has 1 amide bonds. The zero-order valence-corrected chi connectivity index (χ0v) is 16.7. The Bertz CT molecular complexity index is 820. The van der Waals surface area contributed by atoms with Crippen LogP contribution in [0.3, 0.4) is 0 Å². The highest BCUT2D eigenvalue weighted by molar-refractivity contribution is 5.71. The Balaban J connectivity index is 2.03. The van der Waals surface area contributed by atoms with E-state index in [4.69, 9.17) is 0 Å². The molecule has 3 rings (SSSR count). The minimum Gasteiger partial charge on any atom is -0.453 e. The van der Waals surface area contributed by atoms with Crippen LogP contribution in [0, 0.1) is 16.0 Å². The van der Waals surface area contributed by atoms with Crippen LogP contribution in [0.4, 0.5) is 29.3 Å². The normalized spacial score (nSPS) is 23.8. The lowest BCUT2D eigenvalue weighted by Gasteiger charge is -2.40. The highest BCUT2D eigenvalue weighted by atomic mass is 19.4. The Hall–Kier alpha value is -2.63. The number of hydrogen-bond acceptors (Lipinski definition) is 7. The quantitative estimate of drug-likeness (QED) is 0.545. The van der Waals surface area contributed by atoms with Crippen LogP contribution < -0.4 is 15.5 Å². The van der Waals surface area contributed by atoms with Crippen LogP contribution in [0.1, 0.15) is 37.1 Å². The highest BCUT2D eigenvalue weighted by Crippen LogP contribution is 2.44. The van der Waals surface area contributed by atoms with E-state index in [9.17, 15) is 28.1 Å². The van der Waals surface area contributed by atoms with Gasteiger partial charge in [0.2, 0.25) is 0 Å². The van der Waals surface area contributed by atoms with E-state index >= 15 is 0 Å². The second-order valence-electron chi connectivity index (χ2n) is 7.47. The van der Waals surface area contributed by atoms with Crippen molar-refractivity contribution in [1.29, 1.82) is 0 Å². The van der Waals surface area contributed by atoms with Crippen LogP contribution in [0.5, 0.6) is 0 Å². The summed E-state index contributed by atoms with van der Waals surface area (Å²) in [4.78, 5) is 28.3. The first kappa shape index (κ1) is 22.1. The molecule has 166 valence electrons. The first-order valence-corrected chi connectivity index (χ1v) is 9.71. The molecule has 2 unspecified atom stereocenters. The van der Waals surface area contributed by atoms with E-state index in [0.29, 0.717) is 30.6 Å². The van der Waals surface area contributed by atoms with E-state index in [-0.39, 0.29) is 30.4 Å². The number of alkyl halides is 3. The molecule has 2 N–H and O–H groups in total. The molecule has 1 aromatic rings. The number of pyridine rings is 1. The monoisotopic (exact) mass is 431 g/mol. The number of aromatic nitrogens is 1. The molecule has 3 atom stereocenters. The largest absolute Gasteiger partial charge is 0.453 e. The number of rotatable bonds is 5. The highest BCUT2D eigenvalue weighted by Gasteiger charge is 2.46. The first-order chi connectivity index (χ1) is 14.2. The van der Waals surface area contributed by atoms with Crippen molar-refractivity contribution in [1.82, 2.24) is 15.6 Å². The van der Waals surface area contributed by atoms with Crippen LogP contribution in [0.2, 0.25) is 0 Å². The zero-order chi connectivity index (χ0) is 22.1. The Morgan fingerprint density at radius 1 is 1.43 bits per heavy atom. The van der Waals surface area contributed by atoms with Crippen LogP contribution in [0.25, 0.3) is 0 Å². The van der Waals surface area contributed by atoms with Gasteiger partial charge in [0.25, 0.3) is 0 Å². The Morgan fingerprint density at radius 3 is 2.77 bits per heavy atom. The fraction of sp³-hybridized carbons (Fsp3) is 0.667. The van der Waals surface area contributed by atoms with Gasteiger partial charge >= 0.3 is 18.0 Å². The predicted octanol–water partition coefficient (Wildman–Crippen LogP) is 2.70. The van der Waals surface area contributed by atoms with E-state index in [2.05, 4.69) is 20.4 Å². The van der Waals surface area contributed by atoms with Crippen molar-refractivity contribution in [2.24, 2.45) is 5.92 Å². The molecule has 30 heavy (non-hydrogen) atoms. The zero-order valence-electron chi connectivity index (χ0n) is 16.7. The Kier molecular flexibility index (Phi) is 6.34. The van der Waals surface area contributed by atoms with Crippen molar-refractivity contribution in [3.63, 3.8) is 0 Å². The summed E-state index contributed by atoms with van der Waals surface area (Å²) in [7, 11) is 1.12. The number of halogens is 3. The molecule has 1 fully saturated rings. The maximum atomic E-state index is 13.6. The average Bonchev–Trinajstić information content (AvgIpc) is 3.09. The summed E-state index contributed by atoms with van der Waals surface area (Å²) in [5.41, 5.74) is 1.06. The third-order valence-electron chi connectivity index (χ3n) is 5.56. The van der Waals surface area contributed by atoms with Gasteiger partial charge in [0, 0.05) is 18.7 Å². The minimum atomic E-state index is -4.51. The number of nitrogens with zero attached hydrogens (tertiary/aromatic N) is 3. The number of ether oxygens (including phenoxy) is 1. The van der Waals surface area contributed by atoms with Crippen molar-refractivity contribution in [2.75, 3.05) is 31.6 Å². The molecule has 12 heteroatoms. The number of carbonyl (C=O) groups excluding carboxylic acids is 1. The lowest BCUT2D eigenvalue weighted by Crippen LogP contribution is -2.54. The molecule has 0 saturated carbocycles. The third-order valence-corrected chi connectivity index (χ3v) is 5.56. The van der Waals surface area contributed by atoms with Crippen molar-refractivity contribution < 1.29 is 27.6 Å². The molecule has 9 nitrogen and oxygen atoms in total. The predicted molar refractivity (Wildman–Crippen MR) is 101 cm³/mol. The van der Waals surface area contributed by atoms with Crippen LogP contribution in [-0.2, 0) is 11.2 Å². The molecule has 0 aromatic carbocycles. The number of piperidine rings is 1. The van der Waals surface area contributed by atoms with Crippen LogP contribution in [0.15, 0.2) is 6.20 Å². The standard InChI is InChI=1S/C18H24F3N5O4/c1-3-22-13-5-4-12-15(13)23-7-14(26(28)29)16(12)25-8-10(18(19,20)21)6-11(9-25)24-17(27)30-2/h7,10-11,13,22H,3-6,8-9H2,1-2H3,(H,24,27)/t10-,11?,13?/m1/s1. The van der Waals surface area contributed by atoms with Gasteiger partial charge in [-0.1, -0.05) is 6.92 Å². The van der Waals surface area contributed by atoms with Crippen molar-refractivity contribution in [3.8, 4) is 0 Å². The number of amides is 1. The van der Waals surface area contributed by atoms with Gasteiger partial charge in [-0.25, -0.2) is 4.79 Å². The molecule has 2 aliphatic rings. The van der Waals surface area contributed by atoms with Gasteiger partial charge in [-0.05, 0) is 25.8 Å². The summed E-state index contributed by atoms with van der Waals surface area (Å²) >= 11 is 0. The van der Waals surface area contributed by atoms with Crippen molar-refractivity contribution in [2.45, 2.75) is 44.4 Å². The molecule has 1 aromatic heterocycles. The van der Waals surface area contributed by atoms with Gasteiger partial charge in [-0.2, -0.15) is 13.2 Å². The summed E-state index contributed by atoms with van der Waals surface area (Å²) in [6.45, 7) is 2.17. The third kappa shape index (κ3) is 4.42. The molecular weight excluding hydrogens is 407 g/mol. The van der Waals surface area contributed by atoms with Crippen molar-refractivity contribution >= 4 is 17.5 Å². The Morgan fingerprint density at radius 2 is 2.17 bits per heavy atom. The molecule has 1 aliphatic heterocycles. The summed E-state index contributed by atoms with van der Waals surface area (Å²) < 4.78 is 45.3. The van der Waals surface area contributed by atoms with E-state index in [0.717, 1.165) is 13.3 Å². The maximum absolute atomic E-state index is 13.6. The molecule has 1 saturated heterocycles. The maximum Gasteiger partial charge on any atom is 0.407 e. The summed E-state index contributed by atoms with van der Waals surface area (Å²) in [6, 6.07) is -0.969. The molecule has 0 radical (unpaired) electrons. The Labute approximate surface area is 171 Å². The number of hydrogen-bond donors (Lipinski definition) is 2. The van der Waals surface area contributed by atoms with Crippen molar-refractivity contribution in [3.05, 3.63) is 27.6 Å². The molecular formula is C18H24F3N5O4. The van der Waals surface area contributed by atoms with E-state index in [1.807, 2.05) is 6.92 Å². The van der Waals surface area contributed by atoms with Gasteiger partial charge in [-0.15, -0.1) is 0 Å². The molecule has 0 bridgehead atoms. The molecule has 1 aliphatic carbocycles. The summed E-state index contributed by atoms with van der Waals surface area (Å²) in [6.07, 6.45) is -3.43. The molecule has 0 spiro atoms. The van der Waals surface area contributed by atoms with E-state index < -0.39 is 35.7 Å². The average molecular weight is 431 g/mol. The fourth-order valence-corrected chi connectivity index (χ4v) is 4.30. The van der Waals surface area contributed by atoms with Gasteiger partial charge in [0.15, 0.2) is 0 Å². The van der Waals surface area contributed by atoms with Gasteiger partial charge in [-0.3, -0.25) is 15.1 Å². The number of fused-ring (bicyclic) bond motifs is 1. The minimum absolute atomic E-state index is 0.00481. The van der Waals surface area contributed by atoms with Gasteiger partial charge in [0.1, 0.15) is 11.9 Å². The number of nitrogens with one attached hydrogen (secondary N) is 2. The number of carbonyl (C=O) groups is 1.